The van der Waals surface area contributed by atoms with Gasteiger partial charge >= 0.3 is 0 Å². The minimum atomic E-state index is -0.139. The lowest BCUT2D eigenvalue weighted by Gasteiger charge is -2.22. The van der Waals surface area contributed by atoms with Crippen molar-refractivity contribution in [3.8, 4) is 0 Å². The van der Waals surface area contributed by atoms with Gasteiger partial charge in [-0.1, -0.05) is 27.2 Å². The van der Waals surface area contributed by atoms with Crippen molar-refractivity contribution in [2.45, 2.75) is 46.6 Å². The number of aliphatic hydroxyl groups excluding tert-OH is 1. The van der Waals surface area contributed by atoms with Gasteiger partial charge in [-0.05, 0) is 25.2 Å². The van der Waals surface area contributed by atoms with Crippen LogP contribution in [-0.4, -0.2) is 11.2 Å². The van der Waals surface area contributed by atoms with Gasteiger partial charge in [-0.2, -0.15) is 0 Å². The molecule has 0 aromatic rings. The quantitative estimate of drug-likeness (QED) is 0.642. The van der Waals surface area contributed by atoms with Crippen LogP contribution in [0.4, 0.5) is 0 Å². The molecule has 0 saturated carbocycles. The van der Waals surface area contributed by atoms with Gasteiger partial charge in [0.2, 0.25) is 0 Å². The maximum absolute atomic E-state index is 9.31. The van der Waals surface area contributed by atoms with Gasteiger partial charge in [0.1, 0.15) is 0 Å². The third-order valence-electron chi connectivity index (χ3n) is 2.10. The van der Waals surface area contributed by atoms with Gasteiger partial charge in [-0.15, -0.1) is 0 Å². The molecule has 0 amide bonds. The smallest absolute Gasteiger partial charge is 0.0542 e. The van der Waals surface area contributed by atoms with Crippen LogP contribution in [0.25, 0.3) is 0 Å². The van der Waals surface area contributed by atoms with Crippen LogP contribution in [-0.2, 0) is 0 Å². The molecule has 0 rings (SSSR count). The summed E-state index contributed by atoms with van der Waals surface area (Å²) in [6, 6.07) is 0. The lowest BCUT2D eigenvalue weighted by molar-refractivity contribution is 0.0914. The zero-order valence-corrected chi connectivity index (χ0v) is 7.59. The maximum Gasteiger partial charge on any atom is 0.0542 e. The summed E-state index contributed by atoms with van der Waals surface area (Å²) in [4.78, 5) is 0. The first-order chi connectivity index (χ1) is 4.59. The van der Waals surface area contributed by atoms with Crippen LogP contribution in [0.1, 0.15) is 40.5 Å². The summed E-state index contributed by atoms with van der Waals surface area (Å²) in [6.45, 7) is 8.40. The van der Waals surface area contributed by atoms with Gasteiger partial charge in [0.05, 0.1) is 6.10 Å². The van der Waals surface area contributed by atoms with Gasteiger partial charge in [0, 0.05) is 0 Å². The molecule has 0 fully saturated rings. The second-order valence-corrected chi connectivity index (χ2v) is 3.44. The van der Waals surface area contributed by atoms with Crippen molar-refractivity contribution in [3.05, 3.63) is 0 Å². The first kappa shape index (κ1) is 9.96. The van der Waals surface area contributed by atoms with E-state index in [1.54, 1.807) is 0 Å². The minimum Gasteiger partial charge on any atom is -0.393 e. The fourth-order valence-corrected chi connectivity index (χ4v) is 1.46. The molecular weight excluding hydrogens is 124 g/mol. The lowest BCUT2D eigenvalue weighted by atomic mass is 9.87. The molecule has 0 bridgehead atoms. The van der Waals surface area contributed by atoms with Crippen LogP contribution < -0.4 is 0 Å². The average Bonchev–Trinajstić information content (AvgIpc) is 1.81. The van der Waals surface area contributed by atoms with Crippen molar-refractivity contribution in [1.29, 1.82) is 0 Å². The van der Waals surface area contributed by atoms with Crippen LogP contribution in [0.3, 0.4) is 0 Å². The zero-order chi connectivity index (χ0) is 8.15. The van der Waals surface area contributed by atoms with E-state index in [1.807, 2.05) is 6.92 Å². The van der Waals surface area contributed by atoms with Crippen LogP contribution in [0.5, 0.6) is 0 Å². The van der Waals surface area contributed by atoms with E-state index in [0.717, 1.165) is 6.42 Å². The number of rotatable bonds is 4. The molecular formula is C9H20O. The van der Waals surface area contributed by atoms with Crippen molar-refractivity contribution in [2.75, 3.05) is 0 Å². The van der Waals surface area contributed by atoms with E-state index in [2.05, 4.69) is 20.8 Å². The summed E-state index contributed by atoms with van der Waals surface area (Å²) < 4.78 is 0. The Morgan fingerprint density at radius 2 is 1.70 bits per heavy atom. The molecule has 0 radical (unpaired) electrons. The van der Waals surface area contributed by atoms with Gasteiger partial charge in [0.25, 0.3) is 0 Å². The van der Waals surface area contributed by atoms with Crippen molar-refractivity contribution >= 4 is 0 Å². The fourth-order valence-electron chi connectivity index (χ4n) is 1.46. The van der Waals surface area contributed by atoms with E-state index in [-0.39, 0.29) is 6.10 Å². The van der Waals surface area contributed by atoms with Crippen LogP contribution in [0.2, 0.25) is 0 Å². The Hall–Kier alpha value is -0.0400. The maximum atomic E-state index is 9.31. The molecule has 62 valence electrons. The highest BCUT2D eigenvalue weighted by molar-refractivity contribution is 4.67. The second kappa shape index (κ2) is 4.73. The Morgan fingerprint density at radius 3 is 1.80 bits per heavy atom. The largest absolute Gasteiger partial charge is 0.393 e. The summed E-state index contributed by atoms with van der Waals surface area (Å²) >= 11 is 0. The summed E-state index contributed by atoms with van der Waals surface area (Å²) in [5.74, 6) is 1.10. The molecule has 1 nitrogen and oxygen atoms in total. The molecule has 0 aliphatic carbocycles. The third kappa shape index (κ3) is 3.21. The number of hydrogen-bond donors (Lipinski definition) is 1. The number of aliphatic hydroxyl groups is 1. The van der Waals surface area contributed by atoms with Crippen LogP contribution in [0, 0.1) is 11.8 Å². The van der Waals surface area contributed by atoms with E-state index in [9.17, 15) is 5.11 Å². The molecule has 0 spiro atoms. The molecule has 0 aliphatic heterocycles. The van der Waals surface area contributed by atoms with E-state index < -0.39 is 0 Å². The molecule has 0 aliphatic rings. The van der Waals surface area contributed by atoms with Gasteiger partial charge < -0.3 is 5.11 Å². The highest BCUT2D eigenvalue weighted by Crippen LogP contribution is 2.20. The van der Waals surface area contributed by atoms with Crippen LogP contribution >= 0.6 is 0 Å². The van der Waals surface area contributed by atoms with Crippen molar-refractivity contribution in [3.63, 3.8) is 0 Å². The third-order valence-corrected chi connectivity index (χ3v) is 2.10. The average molecular weight is 144 g/mol. The van der Waals surface area contributed by atoms with Crippen LogP contribution in [0.15, 0.2) is 0 Å². The predicted octanol–water partition coefficient (Wildman–Crippen LogP) is 2.44. The molecule has 0 aromatic carbocycles. The molecule has 2 atom stereocenters. The van der Waals surface area contributed by atoms with E-state index in [4.69, 9.17) is 0 Å². The van der Waals surface area contributed by atoms with Gasteiger partial charge in [0.15, 0.2) is 0 Å². The molecule has 0 unspecified atom stereocenters. The Morgan fingerprint density at radius 1 is 1.20 bits per heavy atom. The molecule has 1 N–H and O–H groups in total. The second-order valence-electron chi connectivity index (χ2n) is 3.44. The highest BCUT2D eigenvalue weighted by atomic mass is 16.3. The lowest BCUT2D eigenvalue weighted by Crippen LogP contribution is -2.21. The summed E-state index contributed by atoms with van der Waals surface area (Å²) in [6.07, 6.45) is 2.18. The van der Waals surface area contributed by atoms with Crippen molar-refractivity contribution in [2.24, 2.45) is 11.8 Å². The fraction of sp³-hybridized carbons (Fsp3) is 1.00. The normalized spacial score (nSPS) is 17.4. The standard InChI is InChI=1S/C9H20O/c1-5-6-9(7(2)3)8(4)10/h7-10H,5-6H2,1-4H3/t8-,9-/m0/s1. The molecule has 1 heteroatoms. The predicted molar refractivity (Wildman–Crippen MR) is 44.9 cm³/mol. The summed E-state index contributed by atoms with van der Waals surface area (Å²) in [5, 5.41) is 9.31. The van der Waals surface area contributed by atoms with E-state index in [0.29, 0.717) is 11.8 Å². The minimum absolute atomic E-state index is 0.139. The van der Waals surface area contributed by atoms with Gasteiger partial charge in [-0.25, -0.2) is 0 Å². The topological polar surface area (TPSA) is 20.2 Å². The summed E-state index contributed by atoms with van der Waals surface area (Å²) in [5.41, 5.74) is 0. The zero-order valence-electron chi connectivity index (χ0n) is 7.59. The Kier molecular flexibility index (Phi) is 4.71. The highest BCUT2D eigenvalue weighted by Gasteiger charge is 2.16. The van der Waals surface area contributed by atoms with Crippen molar-refractivity contribution in [1.82, 2.24) is 0 Å². The molecule has 0 saturated heterocycles. The monoisotopic (exact) mass is 144 g/mol. The SMILES string of the molecule is CCC[C@@H](C(C)C)[C@H](C)O. The Balaban J connectivity index is 3.73. The molecule has 0 aromatic heterocycles. The number of hydrogen-bond acceptors (Lipinski definition) is 1. The summed E-state index contributed by atoms with van der Waals surface area (Å²) in [7, 11) is 0. The Labute approximate surface area is 64.5 Å². The molecule has 10 heavy (non-hydrogen) atoms. The van der Waals surface area contributed by atoms with Crippen molar-refractivity contribution < 1.29 is 5.11 Å². The first-order valence-corrected chi connectivity index (χ1v) is 4.27. The molecule has 0 heterocycles. The first-order valence-electron chi connectivity index (χ1n) is 4.27. The van der Waals surface area contributed by atoms with E-state index in [1.165, 1.54) is 6.42 Å². The van der Waals surface area contributed by atoms with Gasteiger partial charge in [-0.3, -0.25) is 0 Å². The Bertz CT molecular complexity index is 68.8. The van der Waals surface area contributed by atoms with E-state index >= 15 is 0 Å².